The van der Waals surface area contributed by atoms with Crippen molar-refractivity contribution in [3.05, 3.63) is 59.4 Å². The number of rotatable bonds is 0. The van der Waals surface area contributed by atoms with Gasteiger partial charge in [-0.05, 0) is 41.8 Å². The van der Waals surface area contributed by atoms with E-state index in [9.17, 15) is 4.39 Å². The SMILES string of the molecule is Fc1ccc2c(c1)CC(Cl)c1ccccc1S2. The Labute approximate surface area is 109 Å². The standard InChI is InChI=1S/C14H10ClFS/c15-12-8-9-7-10(16)5-6-13(9)17-14-4-2-1-3-11(12)14/h1-7,12H,8H2. The van der Waals surface area contributed by atoms with Gasteiger partial charge in [0.15, 0.2) is 0 Å². The molecular formula is C14H10ClFS. The van der Waals surface area contributed by atoms with Crippen LogP contribution in [0, 0.1) is 5.82 Å². The third kappa shape index (κ3) is 2.07. The monoisotopic (exact) mass is 264 g/mol. The second-order valence-corrected chi connectivity index (χ2v) is 5.67. The van der Waals surface area contributed by atoms with Crippen LogP contribution in [0.5, 0.6) is 0 Å². The fourth-order valence-corrected chi connectivity index (χ4v) is 3.60. The molecule has 0 aromatic heterocycles. The molecule has 0 nitrogen and oxygen atoms in total. The van der Waals surface area contributed by atoms with Gasteiger partial charge in [0.05, 0.1) is 5.38 Å². The first-order chi connectivity index (χ1) is 8.24. The van der Waals surface area contributed by atoms with Crippen molar-refractivity contribution in [3.63, 3.8) is 0 Å². The van der Waals surface area contributed by atoms with E-state index in [1.54, 1.807) is 17.8 Å². The van der Waals surface area contributed by atoms with E-state index in [4.69, 9.17) is 11.6 Å². The second kappa shape index (κ2) is 4.35. The molecule has 0 radical (unpaired) electrons. The number of hydrogen-bond acceptors (Lipinski definition) is 1. The fraction of sp³-hybridized carbons (Fsp3) is 0.143. The molecule has 3 rings (SSSR count). The average Bonchev–Trinajstić information content (AvgIpc) is 2.46. The van der Waals surface area contributed by atoms with Crippen molar-refractivity contribution in [1.82, 2.24) is 0 Å². The van der Waals surface area contributed by atoms with Gasteiger partial charge in [0, 0.05) is 9.79 Å². The first-order valence-electron chi connectivity index (χ1n) is 5.43. The van der Waals surface area contributed by atoms with Gasteiger partial charge in [0.25, 0.3) is 0 Å². The van der Waals surface area contributed by atoms with Crippen molar-refractivity contribution < 1.29 is 4.39 Å². The molecule has 86 valence electrons. The molecular weight excluding hydrogens is 255 g/mol. The Hall–Kier alpha value is -0.990. The maximum absolute atomic E-state index is 13.2. The summed E-state index contributed by atoms with van der Waals surface area (Å²) >= 11 is 8.06. The Morgan fingerprint density at radius 2 is 1.94 bits per heavy atom. The highest BCUT2D eigenvalue weighted by atomic mass is 35.5. The summed E-state index contributed by atoms with van der Waals surface area (Å²) in [4.78, 5) is 2.26. The van der Waals surface area contributed by atoms with Crippen molar-refractivity contribution in [2.75, 3.05) is 0 Å². The molecule has 17 heavy (non-hydrogen) atoms. The minimum Gasteiger partial charge on any atom is -0.207 e. The largest absolute Gasteiger partial charge is 0.207 e. The molecule has 2 aromatic carbocycles. The lowest BCUT2D eigenvalue weighted by atomic mass is 10.0. The van der Waals surface area contributed by atoms with Crippen LogP contribution in [-0.4, -0.2) is 0 Å². The van der Waals surface area contributed by atoms with Crippen LogP contribution in [0.25, 0.3) is 0 Å². The molecule has 2 aromatic rings. The van der Waals surface area contributed by atoms with E-state index in [-0.39, 0.29) is 11.2 Å². The lowest BCUT2D eigenvalue weighted by Gasteiger charge is -2.08. The molecule has 0 spiro atoms. The van der Waals surface area contributed by atoms with Crippen LogP contribution >= 0.6 is 23.4 Å². The zero-order valence-electron chi connectivity index (χ0n) is 8.99. The van der Waals surface area contributed by atoms with Gasteiger partial charge in [-0.15, -0.1) is 11.6 Å². The molecule has 1 atom stereocenters. The highest BCUT2D eigenvalue weighted by Crippen LogP contribution is 2.42. The van der Waals surface area contributed by atoms with Crippen LogP contribution in [0.3, 0.4) is 0 Å². The second-order valence-electron chi connectivity index (χ2n) is 4.06. The lowest BCUT2D eigenvalue weighted by Crippen LogP contribution is -1.95. The van der Waals surface area contributed by atoms with Crippen molar-refractivity contribution in [3.8, 4) is 0 Å². The first kappa shape index (κ1) is 11.1. The fourth-order valence-electron chi connectivity index (χ4n) is 2.06. The molecule has 3 heteroatoms. The van der Waals surface area contributed by atoms with E-state index >= 15 is 0 Å². The van der Waals surface area contributed by atoms with Crippen LogP contribution in [-0.2, 0) is 6.42 Å². The van der Waals surface area contributed by atoms with Crippen LogP contribution < -0.4 is 0 Å². The third-order valence-electron chi connectivity index (χ3n) is 2.90. The Morgan fingerprint density at radius 1 is 1.12 bits per heavy atom. The summed E-state index contributed by atoms with van der Waals surface area (Å²) in [5.41, 5.74) is 2.13. The van der Waals surface area contributed by atoms with Gasteiger partial charge < -0.3 is 0 Å². The van der Waals surface area contributed by atoms with E-state index < -0.39 is 0 Å². The maximum Gasteiger partial charge on any atom is 0.123 e. The van der Waals surface area contributed by atoms with Crippen LogP contribution in [0.2, 0.25) is 0 Å². The predicted molar refractivity (Wildman–Crippen MR) is 69.3 cm³/mol. The molecule has 0 amide bonds. The third-order valence-corrected chi connectivity index (χ3v) is 4.50. The number of hydrogen-bond donors (Lipinski definition) is 0. The summed E-state index contributed by atoms with van der Waals surface area (Å²) in [6, 6.07) is 13.0. The van der Waals surface area contributed by atoms with Crippen LogP contribution in [0.1, 0.15) is 16.5 Å². The van der Waals surface area contributed by atoms with Crippen LogP contribution in [0.15, 0.2) is 52.3 Å². The zero-order chi connectivity index (χ0) is 11.8. The topological polar surface area (TPSA) is 0 Å². The van der Waals surface area contributed by atoms with E-state index in [1.807, 2.05) is 24.3 Å². The molecule has 0 aliphatic carbocycles. The molecule has 1 aliphatic rings. The molecule has 0 bridgehead atoms. The molecule has 1 unspecified atom stereocenters. The summed E-state index contributed by atoms with van der Waals surface area (Å²) in [7, 11) is 0. The van der Waals surface area contributed by atoms with Crippen molar-refractivity contribution in [2.45, 2.75) is 21.6 Å². The van der Waals surface area contributed by atoms with Gasteiger partial charge in [0.1, 0.15) is 5.82 Å². The van der Waals surface area contributed by atoms with Gasteiger partial charge in [0.2, 0.25) is 0 Å². The van der Waals surface area contributed by atoms with Crippen molar-refractivity contribution in [2.24, 2.45) is 0 Å². The van der Waals surface area contributed by atoms with Gasteiger partial charge in [-0.3, -0.25) is 0 Å². The molecule has 1 aliphatic heterocycles. The van der Waals surface area contributed by atoms with E-state index in [1.165, 1.54) is 6.07 Å². The minimum absolute atomic E-state index is 0.0817. The lowest BCUT2D eigenvalue weighted by molar-refractivity contribution is 0.623. The maximum atomic E-state index is 13.2. The Balaban J connectivity index is 2.13. The summed E-state index contributed by atoms with van der Waals surface area (Å²) in [5.74, 6) is -0.195. The number of halogens is 2. The molecule has 1 heterocycles. The van der Waals surface area contributed by atoms with E-state index in [0.717, 1.165) is 20.9 Å². The smallest absolute Gasteiger partial charge is 0.123 e. The average molecular weight is 265 g/mol. The Bertz CT molecular complexity index is 568. The first-order valence-corrected chi connectivity index (χ1v) is 6.68. The number of fused-ring (bicyclic) bond motifs is 2. The highest BCUT2D eigenvalue weighted by molar-refractivity contribution is 7.99. The predicted octanol–water partition coefficient (Wildman–Crippen LogP) is 4.81. The minimum atomic E-state index is -0.195. The Kier molecular flexibility index (Phi) is 2.85. The molecule has 0 fully saturated rings. The van der Waals surface area contributed by atoms with Gasteiger partial charge >= 0.3 is 0 Å². The van der Waals surface area contributed by atoms with Gasteiger partial charge in [-0.1, -0.05) is 30.0 Å². The molecule has 0 saturated heterocycles. The zero-order valence-corrected chi connectivity index (χ0v) is 10.6. The summed E-state index contributed by atoms with van der Waals surface area (Å²) in [6.45, 7) is 0. The summed E-state index contributed by atoms with van der Waals surface area (Å²) in [5, 5.41) is -0.0817. The quantitative estimate of drug-likeness (QED) is 0.615. The van der Waals surface area contributed by atoms with Crippen molar-refractivity contribution >= 4 is 23.4 Å². The summed E-state index contributed by atoms with van der Waals surface area (Å²) < 4.78 is 13.2. The van der Waals surface area contributed by atoms with E-state index in [2.05, 4.69) is 6.07 Å². The normalized spacial score (nSPS) is 18.1. The van der Waals surface area contributed by atoms with Crippen LogP contribution in [0.4, 0.5) is 4.39 Å². The van der Waals surface area contributed by atoms with E-state index in [0.29, 0.717) is 6.42 Å². The molecule has 0 N–H and O–H groups in total. The molecule has 0 saturated carbocycles. The van der Waals surface area contributed by atoms with Gasteiger partial charge in [-0.2, -0.15) is 0 Å². The number of alkyl halides is 1. The van der Waals surface area contributed by atoms with Gasteiger partial charge in [-0.25, -0.2) is 4.39 Å². The highest BCUT2D eigenvalue weighted by Gasteiger charge is 2.20. The van der Waals surface area contributed by atoms with Crippen molar-refractivity contribution in [1.29, 1.82) is 0 Å². The summed E-state index contributed by atoms with van der Waals surface area (Å²) in [6.07, 6.45) is 0.679. The number of benzene rings is 2. The Morgan fingerprint density at radius 3 is 2.82 bits per heavy atom.